The van der Waals surface area contributed by atoms with Gasteiger partial charge in [-0.15, -0.1) is 0 Å². The highest BCUT2D eigenvalue weighted by Gasteiger charge is 2.10. The maximum absolute atomic E-state index is 5.78. The summed E-state index contributed by atoms with van der Waals surface area (Å²) in [5.74, 6) is 0.560. The van der Waals surface area contributed by atoms with Crippen LogP contribution in [0.25, 0.3) is 0 Å². The second-order valence-corrected chi connectivity index (χ2v) is 5.80. The van der Waals surface area contributed by atoms with Crippen molar-refractivity contribution in [2.45, 2.75) is 32.3 Å². The molecule has 1 fully saturated rings. The number of ether oxygens (including phenoxy) is 1. The number of likely N-dealkylation sites (tertiary alicyclic amines) is 1. The van der Waals surface area contributed by atoms with E-state index < -0.39 is 0 Å². The van der Waals surface area contributed by atoms with Gasteiger partial charge in [-0.05, 0) is 50.0 Å². The quantitative estimate of drug-likeness (QED) is 0.739. The second kappa shape index (κ2) is 8.40. The topological polar surface area (TPSA) is 24.5 Å². The zero-order valence-corrected chi connectivity index (χ0v) is 12.9. The summed E-state index contributed by atoms with van der Waals surface area (Å²) in [6.07, 6.45) is 2.71. The largest absolute Gasteiger partial charge is 0.375 e. The van der Waals surface area contributed by atoms with Gasteiger partial charge in [0.25, 0.3) is 0 Å². The Hall–Kier alpha value is -0.900. The van der Waals surface area contributed by atoms with Gasteiger partial charge in [0, 0.05) is 13.1 Å². The van der Waals surface area contributed by atoms with Gasteiger partial charge in [-0.25, -0.2) is 0 Å². The second-order valence-electron chi connectivity index (χ2n) is 5.80. The predicted molar refractivity (Wildman–Crippen MR) is 84.1 cm³/mol. The van der Waals surface area contributed by atoms with Crippen molar-refractivity contribution in [3.05, 3.63) is 35.4 Å². The molecule has 3 heteroatoms. The Morgan fingerprint density at radius 1 is 1.20 bits per heavy atom. The smallest absolute Gasteiger partial charge is 0.0717 e. The standard InChI is InChI=1S/C17H28N2O/c1-15(13-18-2)17-7-5-16(6-8-17)14-20-12-11-19-9-3-4-10-19/h5-8,15,18H,3-4,9-14H2,1-2H3. The molecule has 20 heavy (non-hydrogen) atoms. The molecule has 1 atom stereocenters. The van der Waals surface area contributed by atoms with E-state index in [0.717, 1.165) is 26.3 Å². The van der Waals surface area contributed by atoms with E-state index >= 15 is 0 Å². The van der Waals surface area contributed by atoms with Crippen molar-refractivity contribution in [3.63, 3.8) is 0 Å². The van der Waals surface area contributed by atoms with Crippen LogP contribution in [0.5, 0.6) is 0 Å². The van der Waals surface area contributed by atoms with Crippen molar-refractivity contribution in [3.8, 4) is 0 Å². The predicted octanol–water partition coefficient (Wildman–Crippen LogP) is 2.62. The molecule has 1 aliphatic rings. The van der Waals surface area contributed by atoms with Gasteiger partial charge in [0.05, 0.1) is 13.2 Å². The zero-order valence-electron chi connectivity index (χ0n) is 12.9. The molecule has 0 radical (unpaired) electrons. The van der Waals surface area contributed by atoms with E-state index in [9.17, 15) is 0 Å². The van der Waals surface area contributed by atoms with E-state index in [-0.39, 0.29) is 0 Å². The van der Waals surface area contributed by atoms with Crippen molar-refractivity contribution in [1.29, 1.82) is 0 Å². The third kappa shape index (κ3) is 4.89. The van der Waals surface area contributed by atoms with Gasteiger partial charge in [-0.2, -0.15) is 0 Å². The fourth-order valence-corrected chi connectivity index (χ4v) is 2.76. The maximum atomic E-state index is 5.78. The first kappa shape index (κ1) is 15.5. The zero-order chi connectivity index (χ0) is 14.2. The monoisotopic (exact) mass is 276 g/mol. The van der Waals surface area contributed by atoms with E-state index in [0.29, 0.717) is 5.92 Å². The van der Waals surface area contributed by atoms with Crippen LogP contribution in [0.4, 0.5) is 0 Å². The van der Waals surface area contributed by atoms with E-state index in [1.807, 2.05) is 7.05 Å². The van der Waals surface area contributed by atoms with Crippen LogP contribution in [-0.4, -0.2) is 44.7 Å². The SMILES string of the molecule is CNCC(C)c1ccc(COCCN2CCCC2)cc1. The number of hydrogen-bond donors (Lipinski definition) is 1. The van der Waals surface area contributed by atoms with Gasteiger partial charge in [0.2, 0.25) is 0 Å². The van der Waals surface area contributed by atoms with Crippen LogP contribution in [0.1, 0.15) is 36.8 Å². The van der Waals surface area contributed by atoms with Crippen molar-refractivity contribution in [2.75, 3.05) is 39.8 Å². The molecule has 0 spiro atoms. The molecular weight excluding hydrogens is 248 g/mol. The van der Waals surface area contributed by atoms with E-state index in [1.54, 1.807) is 0 Å². The minimum Gasteiger partial charge on any atom is -0.375 e. The van der Waals surface area contributed by atoms with Gasteiger partial charge >= 0.3 is 0 Å². The van der Waals surface area contributed by atoms with Gasteiger partial charge in [-0.1, -0.05) is 31.2 Å². The van der Waals surface area contributed by atoms with Crippen molar-refractivity contribution >= 4 is 0 Å². The lowest BCUT2D eigenvalue weighted by molar-refractivity contribution is 0.0992. The number of rotatable bonds is 8. The molecule has 0 aromatic heterocycles. The Labute approximate surface area is 123 Å². The average Bonchev–Trinajstić information content (AvgIpc) is 2.98. The molecule has 1 saturated heterocycles. The summed E-state index contributed by atoms with van der Waals surface area (Å²) >= 11 is 0. The summed E-state index contributed by atoms with van der Waals surface area (Å²) in [6, 6.07) is 8.83. The van der Waals surface area contributed by atoms with Crippen LogP contribution >= 0.6 is 0 Å². The minimum atomic E-state index is 0.560. The fraction of sp³-hybridized carbons (Fsp3) is 0.647. The summed E-state index contributed by atoms with van der Waals surface area (Å²) < 4.78 is 5.78. The van der Waals surface area contributed by atoms with Crippen LogP contribution in [0.15, 0.2) is 24.3 Å². The molecule has 1 unspecified atom stereocenters. The summed E-state index contributed by atoms with van der Waals surface area (Å²) in [7, 11) is 2.00. The summed E-state index contributed by atoms with van der Waals surface area (Å²) in [4.78, 5) is 2.49. The molecule has 3 nitrogen and oxygen atoms in total. The molecule has 1 aliphatic heterocycles. The molecule has 1 heterocycles. The van der Waals surface area contributed by atoms with Crippen LogP contribution in [0, 0.1) is 0 Å². The highest BCUT2D eigenvalue weighted by Crippen LogP contribution is 2.15. The lowest BCUT2D eigenvalue weighted by Crippen LogP contribution is -2.23. The van der Waals surface area contributed by atoms with Crippen molar-refractivity contribution in [1.82, 2.24) is 10.2 Å². The van der Waals surface area contributed by atoms with Crippen molar-refractivity contribution < 1.29 is 4.74 Å². The Bertz CT molecular complexity index is 371. The first-order valence-corrected chi connectivity index (χ1v) is 7.83. The van der Waals surface area contributed by atoms with Crippen LogP contribution in [0.3, 0.4) is 0 Å². The lowest BCUT2D eigenvalue weighted by Gasteiger charge is -2.15. The number of hydrogen-bond acceptors (Lipinski definition) is 3. The van der Waals surface area contributed by atoms with Crippen molar-refractivity contribution in [2.24, 2.45) is 0 Å². The summed E-state index contributed by atoms with van der Waals surface area (Å²) in [5, 5.41) is 3.22. The fourth-order valence-electron chi connectivity index (χ4n) is 2.76. The molecule has 0 saturated carbocycles. The molecule has 1 aromatic rings. The third-order valence-corrected chi connectivity index (χ3v) is 4.08. The van der Waals surface area contributed by atoms with Gasteiger partial charge in [0.15, 0.2) is 0 Å². The maximum Gasteiger partial charge on any atom is 0.0717 e. The summed E-state index contributed by atoms with van der Waals surface area (Å²) in [6.45, 7) is 8.43. The minimum absolute atomic E-state index is 0.560. The molecule has 2 rings (SSSR count). The van der Waals surface area contributed by atoms with Gasteiger partial charge in [0.1, 0.15) is 0 Å². The number of nitrogens with zero attached hydrogens (tertiary/aromatic N) is 1. The number of nitrogens with one attached hydrogen (secondary N) is 1. The van der Waals surface area contributed by atoms with E-state index in [1.165, 1.54) is 37.1 Å². The average molecular weight is 276 g/mol. The molecule has 112 valence electrons. The first-order chi connectivity index (χ1) is 9.79. The van der Waals surface area contributed by atoms with Gasteiger partial charge in [-0.3, -0.25) is 0 Å². The van der Waals surface area contributed by atoms with E-state index in [2.05, 4.69) is 41.4 Å². The molecule has 1 N–H and O–H groups in total. The third-order valence-electron chi connectivity index (χ3n) is 4.08. The first-order valence-electron chi connectivity index (χ1n) is 7.83. The normalized spacial score (nSPS) is 17.5. The molecule has 1 aromatic carbocycles. The van der Waals surface area contributed by atoms with E-state index in [4.69, 9.17) is 4.74 Å². The Morgan fingerprint density at radius 2 is 1.90 bits per heavy atom. The Morgan fingerprint density at radius 3 is 2.55 bits per heavy atom. The molecule has 0 aliphatic carbocycles. The van der Waals surface area contributed by atoms with Crippen LogP contribution in [-0.2, 0) is 11.3 Å². The number of benzene rings is 1. The van der Waals surface area contributed by atoms with Crippen LogP contribution in [0.2, 0.25) is 0 Å². The molecular formula is C17H28N2O. The van der Waals surface area contributed by atoms with Gasteiger partial charge < -0.3 is 15.0 Å². The van der Waals surface area contributed by atoms with Crippen LogP contribution < -0.4 is 5.32 Å². The Balaban J connectivity index is 1.67. The molecule has 0 bridgehead atoms. The molecule has 0 amide bonds. The highest BCUT2D eigenvalue weighted by atomic mass is 16.5. The number of likely N-dealkylation sites (N-methyl/N-ethyl adjacent to an activating group) is 1. The lowest BCUT2D eigenvalue weighted by atomic mass is 10.00. The summed E-state index contributed by atoms with van der Waals surface area (Å²) in [5.41, 5.74) is 2.66. The highest BCUT2D eigenvalue weighted by molar-refractivity contribution is 5.24. The Kier molecular flexibility index (Phi) is 6.51.